The molecule has 3 saturated heterocycles. The Balaban J connectivity index is 2.27. The van der Waals surface area contributed by atoms with Crippen molar-refractivity contribution in [1.82, 2.24) is 4.90 Å². The van der Waals surface area contributed by atoms with E-state index in [1.54, 1.807) is 21.0 Å². The van der Waals surface area contributed by atoms with Gasteiger partial charge in [-0.2, -0.15) is 0 Å². The quantitative estimate of drug-likeness (QED) is 0.180. The molecule has 0 aliphatic carbocycles. The molecule has 0 aromatic carbocycles. The molecule has 0 radical (unpaired) electrons. The fourth-order valence-electron chi connectivity index (χ4n) is 7.68. The molecular formula is C36H62N2O10. The lowest BCUT2D eigenvalue weighted by molar-refractivity contribution is -0.300. The van der Waals surface area contributed by atoms with Gasteiger partial charge in [0.25, 0.3) is 0 Å². The molecular weight excluding hydrogens is 620 g/mol. The Morgan fingerprint density at radius 1 is 1.06 bits per heavy atom. The Morgan fingerprint density at radius 2 is 1.73 bits per heavy atom. The van der Waals surface area contributed by atoms with Gasteiger partial charge in [0.15, 0.2) is 12.1 Å². The fraction of sp³-hybridized carbons (Fsp3) is 0.861. The summed E-state index contributed by atoms with van der Waals surface area (Å²) in [5, 5.41) is 16.4. The lowest BCUT2D eigenvalue weighted by Crippen LogP contribution is -2.60. The molecule has 0 aromatic heterocycles. The number of cyclic esters (lactones) is 1. The molecule has 12 nitrogen and oxygen atoms in total. The van der Waals surface area contributed by atoms with E-state index in [2.05, 4.69) is 16.6 Å². The van der Waals surface area contributed by atoms with Gasteiger partial charge in [-0.05, 0) is 73.9 Å². The van der Waals surface area contributed by atoms with Gasteiger partial charge >= 0.3 is 5.97 Å². The first kappa shape index (κ1) is 40.5. The Bertz CT molecular complexity index is 1140. The van der Waals surface area contributed by atoms with Gasteiger partial charge in [-0.3, -0.25) is 9.59 Å². The van der Waals surface area contributed by atoms with Crippen molar-refractivity contribution in [2.45, 2.75) is 136 Å². The molecule has 1 N–H and O–H groups in total. The van der Waals surface area contributed by atoms with Crippen molar-refractivity contribution in [2.75, 3.05) is 41.0 Å². The number of oxime groups is 1. The third-order valence-electron chi connectivity index (χ3n) is 10.6. The maximum atomic E-state index is 14.3. The first-order valence-electron chi connectivity index (χ1n) is 17.5. The minimum absolute atomic E-state index is 0.00213. The molecule has 3 heterocycles. The van der Waals surface area contributed by atoms with Crippen molar-refractivity contribution >= 4 is 17.5 Å². The largest absolute Gasteiger partial charge is 0.459 e. The van der Waals surface area contributed by atoms with Crippen molar-refractivity contribution in [3.05, 3.63) is 12.2 Å². The maximum absolute atomic E-state index is 14.3. The highest BCUT2D eigenvalue weighted by molar-refractivity contribution is 6.00. The van der Waals surface area contributed by atoms with Crippen molar-refractivity contribution in [3.63, 3.8) is 0 Å². The number of aliphatic hydroxyl groups is 1. The Morgan fingerprint density at radius 3 is 2.31 bits per heavy atom. The van der Waals surface area contributed by atoms with E-state index in [9.17, 15) is 14.7 Å². The molecule has 13 atom stereocenters. The maximum Gasteiger partial charge on any atom is 0.316 e. The third-order valence-corrected chi connectivity index (χ3v) is 10.6. The summed E-state index contributed by atoms with van der Waals surface area (Å²) in [5.41, 5.74) is -1.51. The summed E-state index contributed by atoms with van der Waals surface area (Å²) in [6.07, 6.45) is -2.76. The molecule has 2 bridgehead atoms. The Kier molecular flexibility index (Phi) is 14.2. The summed E-state index contributed by atoms with van der Waals surface area (Å²) in [7, 11) is 5.61. The van der Waals surface area contributed by atoms with Crippen molar-refractivity contribution < 1.29 is 48.0 Å². The minimum Gasteiger partial charge on any atom is -0.459 e. The highest BCUT2D eigenvalue weighted by Crippen LogP contribution is 2.42. The van der Waals surface area contributed by atoms with Crippen LogP contribution in [0.3, 0.4) is 0 Å². The number of nitrogens with zero attached hydrogens (tertiary/aromatic N) is 2. The SMILES string of the molecule is C=C1[C@H](C)C[C@@]2(C)OC/C(=N/OCC)CO[C@H]([C@H]1C)[C@](C)(O)[C@@H](CC)OC(=O)C(C)C(=O)[C@H](C)[C@H]2O[C@@H]1O[C@H](C)C[C@H](N(C)C)[C@H]1OC. The van der Waals surface area contributed by atoms with Crippen LogP contribution in [0.5, 0.6) is 0 Å². The number of carbonyl (C=O) groups excluding carboxylic acids is 2. The van der Waals surface area contributed by atoms with Crippen LogP contribution >= 0.6 is 0 Å². The molecule has 0 saturated carbocycles. The van der Waals surface area contributed by atoms with Crippen LogP contribution in [-0.2, 0) is 42.8 Å². The van der Waals surface area contributed by atoms with E-state index in [0.717, 1.165) is 12.0 Å². The van der Waals surface area contributed by atoms with Gasteiger partial charge in [0.05, 0.1) is 37.1 Å². The van der Waals surface area contributed by atoms with Gasteiger partial charge in [0.1, 0.15) is 36.0 Å². The summed E-state index contributed by atoms with van der Waals surface area (Å²) in [6, 6.07) is -0.0132. The van der Waals surface area contributed by atoms with Gasteiger partial charge in [-0.15, -0.1) is 0 Å². The smallest absolute Gasteiger partial charge is 0.316 e. The normalized spacial score (nSPS) is 43.3. The highest BCUT2D eigenvalue weighted by atomic mass is 16.7. The van der Waals surface area contributed by atoms with E-state index in [0.29, 0.717) is 25.2 Å². The number of hydrogen-bond acceptors (Lipinski definition) is 12. The van der Waals surface area contributed by atoms with Crippen LogP contribution in [0.1, 0.15) is 81.6 Å². The van der Waals surface area contributed by atoms with Gasteiger partial charge in [0, 0.05) is 25.0 Å². The number of Topliss-reactive ketones (excluding diaryl/α,β-unsaturated/α-hetero) is 1. The topological polar surface area (TPSA) is 135 Å². The average Bonchev–Trinajstić information content (AvgIpc) is 3.05. The molecule has 0 aromatic rings. The number of ketones is 1. The number of rotatable bonds is 7. The number of esters is 1. The molecule has 3 rings (SSSR count). The van der Waals surface area contributed by atoms with Gasteiger partial charge in [0.2, 0.25) is 0 Å². The Labute approximate surface area is 287 Å². The number of likely N-dealkylation sites (N-methyl/N-ethyl adjacent to an activating group) is 1. The van der Waals surface area contributed by atoms with Gasteiger partial charge in [-0.1, -0.05) is 45.0 Å². The molecule has 3 fully saturated rings. The van der Waals surface area contributed by atoms with Crippen LogP contribution in [-0.4, -0.2) is 123 Å². The van der Waals surface area contributed by atoms with Crippen molar-refractivity contribution in [1.29, 1.82) is 0 Å². The number of fused-ring (bicyclic) bond motifs is 5. The Hall–Kier alpha value is -1.93. The minimum atomic E-state index is -1.64. The van der Waals surface area contributed by atoms with Gasteiger partial charge in [-0.25, -0.2) is 0 Å². The molecule has 0 amide bonds. The van der Waals surface area contributed by atoms with Crippen LogP contribution in [0.4, 0.5) is 0 Å². The second kappa shape index (κ2) is 16.9. The summed E-state index contributed by atoms with van der Waals surface area (Å²) in [4.78, 5) is 35.5. The van der Waals surface area contributed by atoms with Crippen LogP contribution in [0.2, 0.25) is 0 Å². The molecule has 0 spiro atoms. The average molecular weight is 683 g/mol. The summed E-state index contributed by atoms with van der Waals surface area (Å²) < 4.78 is 38.5. The second-order valence-electron chi connectivity index (χ2n) is 14.7. The molecule has 3 aliphatic rings. The molecule has 276 valence electrons. The molecule has 48 heavy (non-hydrogen) atoms. The lowest BCUT2D eigenvalue weighted by Gasteiger charge is -2.48. The van der Waals surface area contributed by atoms with E-state index in [-0.39, 0.29) is 43.0 Å². The first-order valence-corrected chi connectivity index (χ1v) is 17.5. The zero-order chi connectivity index (χ0) is 36.1. The molecule has 3 aliphatic heterocycles. The molecule has 1 unspecified atom stereocenters. The number of hydrogen-bond donors (Lipinski definition) is 1. The predicted octanol–water partition coefficient (Wildman–Crippen LogP) is 4.16. The number of methoxy groups -OCH3 is 1. The van der Waals surface area contributed by atoms with Crippen molar-refractivity contribution in [2.24, 2.45) is 28.8 Å². The standard InChI is InChI=1S/C36H62N2O10/c1-14-28-36(10,41)32-23(6)22(5)20(3)17-35(9,44-19-26(18-43-32)37-45-15-2)31(24(7)29(39)25(8)33(40)47-28)48-34-30(42-13)27(38(11)12)16-21(4)46-34/h20-21,23-25,27-28,30-32,34,41H,5,14-19H2,1-4,6-13H3/b37-26+/t20-,21-,23+,24+,25?,27+,28-,30-,31-,32-,34+,35-,36-/m1/s1. The number of ether oxygens (including phenoxy) is 6. The van der Waals surface area contributed by atoms with Crippen LogP contribution in [0.15, 0.2) is 17.3 Å². The van der Waals surface area contributed by atoms with E-state index >= 15 is 0 Å². The third kappa shape index (κ3) is 8.86. The van der Waals surface area contributed by atoms with Crippen LogP contribution in [0, 0.1) is 23.7 Å². The summed E-state index contributed by atoms with van der Waals surface area (Å²) in [6.45, 7) is 21.2. The zero-order valence-corrected chi connectivity index (χ0v) is 31.3. The predicted molar refractivity (Wildman–Crippen MR) is 181 cm³/mol. The number of carbonyl (C=O) groups is 2. The highest BCUT2D eigenvalue weighted by Gasteiger charge is 2.52. The lowest BCUT2D eigenvalue weighted by atomic mass is 9.73. The molecule has 12 heteroatoms. The zero-order valence-electron chi connectivity index (χ0n) is 31.3. The first-order chi connectivity index (χ1) is 22.4. The monoisotopic (exact) mass is 682 g/mol. The van der Waals surface area contributed by atoms with E-state index in [1.165, 1.54) is 6.92 Å². The van der Waals surface area contributed by atoms with Crippen molar-refractivity contribution in [3.8, 4) is 0 Å². The van der Waals surface area contributed by atoms with E-state index < -0.39 is 59.7 Å². The van der Waals surface area contributed by atoms with Crippen LogP contribution in [0.25, 0.3) is 0 Å². The fourth-order valence-corrected chi connectivity index (χ4v) is 7.68. The van der Waals surface area contributed by atoms with Gasteiger partial charge < -0.3 is 43.3 Å². The summed E-state index contributed by atoms with van der Waals surface area (Å²) >= 11 is 0. The second-order valence-corrected chi connectivity index (χ2v) is 14.7. The van der Waals surface area contributed by atoms with E-state index in [1.807, 2.05) is 55.6 Å². The van der Waals surface area contributed by atoms with Crippen LogP contribution < -0.4 is 0 Å². The van der Waals surface area contributed by atoms with E-state index in [4.69, 9.17) is 33.3 Å². The summed E-state index contributed by atoms with van der Waals surface area (Å²) in [5.74, 6) is -3.65.